The van der Waals surface area contributed by atoms with Crippen LogP contribution in [0.25, 0.3) is 22.2 Å². The summed E-state index contributed by atoms with van der Waals surface area (Å²) in [6.07, 6.45) is 2.98. The van der Waals surface area contributed by atoms with Gasteiger partial charge in [0.1, 0.15) is 5.82 Å². The molecule has 7 nitrogen and oxygen atoms in total. The number of aromatic nitrogens is 1. The molecule has 7 rings (SSSR count). The molecule has 4 aromatic rings. The molecule has 2 heterocycles. The number of nitrogens with zero attached hydrogens (tertiary/aromatic N) is 2. The van der Waals surface area contributed by atoms with Crippen LogP contribution in [0.2, 0.25) is 0 Å². The number of hydrogen-bond acceptors (Lipinski definition) is 6. The summed E-state index contributed by atoms with van der Waals surface area (Å²) in [5.74, 6) is -1.72. The molecule has 0 spiro atoms. The highest BCUT2D eigenvalue weighted by atomic mass is 19.1. The predicted octanol–water partition coefficient (Wildman–Crippen LogP) is 5.62. The molecular formula is C33H25FN2O5. The van der Waals surface area contributed by atoms with Gasteiger partial charge in [-0.2, -0.15) is 0 Å². The summed E-state index contributed by atoms with van der Waals surface area (Å²) < 4.78 is 18.6. The van der Waals surface area contributed by atoms with Gasteiger partial charge in [-0.1, -0.05) is 30.3 Å². The Morgan fingerprint density at radius 3 is 2.32 bits per heavy atom. The first-order chi connectivity index (χ1) is 19.9. The fourth-order valence-corrected chi connectivity index (χ4v) is 6.89. The van der Waals surface area contributed by atoms with Crippen molar-refractivity contribution >= 4 is 40.2 Å². The van der Waals surface area contributed by atoms with Gasteiger partial charge in [0.15, 0.2) is 12.4 Å². The average Bonchev–Trinajstić information content (AvgIpc) is 3.69. The van der Waals surface area contributed by atoms with Crippen LogP contribution >= 0.6 is 0 Å². The summed E-state index contributed by atoms with van der Waals surface area (Å²) >= 11 is 0. The summed E-state index contributed by atoms with van der Waals surface area (Å²) in [6, 6.07) is 20.8. The Morgan fingerprint density at radius 1 is 0.878 bits per heavy atom. The van der Waals surface area contributed by atoms with Crippen LogP contribution < -0.4 is 4.90 Å². The minimum atomic E-state index is -0.704. The second kappa shape index (κ2) is 9.73. The largest absolute Gasteiger partial charge is 0.454 e. The van der Waals surface area contributed by atoms with E-state index in [1.54, 1.807) is 48.5 Å². The topological polar surface area (TPSA) is 93.6 Å². The highest BCUT2D eigenvalue weighted by Crippen LogP contribution is 2.56. The van der Waals surface area contributed by atoms with Crippen molar-refractivity contribution in [3.8, 4) is 11.3 Å². The molecule has 3 aromatic carbocycles. The summed E-state index contributed by atoms with van der Waals surface area (Å²) in [5.41, 5.74) is 2.59. The first kappa shape index (κ1) is 25.3. The van der Waals surface area contributed by atoms with E-state index in [0.29, 0.717) is 39.7 Å². The van der Waals surface area contributed by atoms with Gasteiger partial charge in [-0.15, -0.1) is 0 Å². The number of para-hydroxylation sites is 1. The van der Waals surface area contributed by atoms with Gasteiger partial charge < -0.3 is 4.74 Å². The molecule has 1 aliphatic heterocycles. The molecule has 1 saturated heterocycles. The quantitative estimate of drug-likeness (QED) is 0.177. The van der Waals surface area contributed by atoms with Crippen molar-refractivity contribution in [2.75, 3.05) is 11.5 Å². The van der Waals surface area contributed by atoms with E-state index in [-0.39, 0.29) is 34.8 Å². The van der Waals surface area contributed by atoms with Crippen molar-refractivity contribution in [3.63, 3.8) is 0 Å². The van der Waals surface area contributed by atoms with E-state index < -0.39 is 24.2 Å². The Balaban J connectivity index is 1.19. The molecule has 8 heteroatoms. The predicted molar refractivity (Wildman–Crippen MR) is 148 cm³/mol. The van der Waals surface area contributed by atoms with Crippen molar-refractivity contribution in [1.82, 2.24) is 4.98 Å². The molecule has 3 fully saturated rings. The number of Topliss-reactive ketones (excluding diaryl/α,β-unsaturated/α-hetero) is 1. The van der Waals surface area contributed by atoms with Crippen molar-refractivity contribution in [2.24, 2.45) is 23.7 Å². The van der Waals surface area contributed by atoms with E-state index in [4.69, 9.17) is 9.72 Å². The smallest absolute Gasteiger partial charge is 0.339 e. The number of pyridine rings is 1. The first-order valence-corrected chi connectivity index (χ1v) is 13.7. The van der Waals surface area contributed by atoms with E-state index in [2.05, 4.69) is 0 Å². The lowest BCUT2D eigenvalue weighted by atomic mass is 9.81. The van der Waals surface area contributed by atoms with Gasteiger partial charge in [0.25, 0.3) is 0 Å². The van der Waals surface area contributed by atoms with E-state index in [1.165, 1.54) is 29.2 Å². The minimum Gasteiger partial charge on any atom is -0.454 e. The fraction of sp³-hybridized carbons (Fsp3) is 0.242. The maximum atomic E-state index is 13.4. The Hall–Kier alpha value is -4.72. The molecule has 0 N–H and O–H groups in total. The highest BCUT2D eigenvalue weighted by Gasteiger charge is 2.61. The zero-order chi connectivity index (χ0) is 28.2. The summed E-state index contributed by atoms with van der Waals surface area (Å²) in [7, 11) is 0. The normalized spacial score (nSPS) is 22.8. The number of hydrogen-bond donors (Lipinski definition) is 0. The number of ketones is 1. The van der Waals surface area contributed by atoms with Crippen molar-refractivity contribution in [2.45, 2.75) is 19.3 Å². The molecule has 2 bridgehead atoms. The summed E-state index contributed by atoms with van der Waals surface area (Å²) in [6.45, 7) is -0.505. The van der Waals surface area contributed by atoms with Gasteiger partial charge in [-0.25, -0.2) is 14.2 Å². The monoisotopic (exact) mass is 548 g/mol. The molecule has 2 amide bonds. The Morgan fingerprint density at radius 2 is 1.59 bits per heavy atom. The molecule has 3 aliphatic rings. The lowest BCUT2D eigenvalue weighted by Crippen LogP contribution is -2.32. The molecule has 0 radical (unpaired) electrons. The molecule has 0 unspecified atom stereocenters. The van der Waals surface area contributed by atoms with Gasteiger partial charge in [0, 0.05) is 16.5 Å². The number of ether oxygens (including phenoxy) is 1. The number of anilines is 1. The van der Waals surface area contributed by atoms with E-state index in [9.17, 15) is 23.6 Å². The number of imide groups is 1. The van der Waals surface area contributed by atoms with Gasteiger partial charge in [-0.3, -0.25) is 19.3 Å². The van der Waals surface area contributed by atoms with Gasteiger partial charge in [0.05, 0.1) is 34.3 Å². The third kappa shape index (κ3) is 4.22. The average molecular weight is 549 g/mol. The third-order valence-corrected chi connectivity index (χ3v) is 8.76. The summed E-state index contributed by atoms with van der Waals surface area (Å²) in [5, 5.41) is 0.555. The van der Waals surface area contributed by atoms with Crippen LogP contribution in [-0.4, -0.2) is 35.2 Å². The lowest BCUT2D eigenvalue weighted by molar-refractivity contribution is -0.123. The van der Waals surface area contributed by atoms with Crippen molar-refractivity contribution in [1.29, 1.82) is 0 Å². The van der Waals surface area contributed by atoms with Crippen LogP contribution in [0.4, 0.5) is 10.1 Å². The van der Waals surface area contributed by atoms with Crippen molar-refractivity contribution < 1.29 is 28.3 Å². The molecule has 2 aliphatic carbocycles. The lowest BCUT2D eigenvalue weighted by Gasteiger charge is -2.19. The second-order valence-electron chi connectivity index (χ2n) is 11.0. The molecule has 1 aromatic heterocycles. The SMILES string of the molecule is O=C(COC(=O)c1cc(-c2cccc(N3C(=O)[C@H]4[C@@H]5CC[C@@H](C5)[C@@H]4C3=O)c2)nc2ccccc12)c1ccc(F)cc1. The highest BCUT2D eigenvalue weighted by molar-refractivity contribution is 6.22. The molecule has 204 valence electrons. The van der Waals surface area contributed by atoms with Gasteiger partial charge in [-0.05, 0) is 79.6 Å². The van der Waals surface area contributed by atoms with Crippen LogP contribution in [0.3, 0.4) is 0 Å². The van der Waals surface area contributed by atoms with Crippen LogP contribution in [0.15, 0.2) is 78.9 Å². The van der Waals surface area contributed by atoms with Crippen LogP contribution in [0, 0.1) is 29.5 Å². The van der Waals surface area contributed by atoms with Gasteiger partial charge >= 0.3 is 5.97 Å². The number of carbonyl (C=O) groups is 4. The van der Waals surface area contributed by atoms with E-state index in [1.807, 2.05) is 6.07 Å². The number of rotatable bonds is 6. The van der Waals surface area contributed by atoms with Crippen LogP contribution in [0.5, 0.6) is 0 Å². The maximum absolute atomic E-state index is 13.4. The first-order valence-electron chi connectivity index (χ1n) is 13.7. The minimum absolute atomic E-state index is 0.120. The number of fused-ring (bicyclic) bond motifs is 6. The molecule has 2 saturated carbocycles. The number of halogens is 1. The van der Waals surface area contributed by atoms with Crippen LogP contribution in [0.1, 0.15) is 40.0 Å². The maximum Gasteiger partial charge on any atom is 0.339 e. The van der Waals surface area contributed by atoms with Gasteiger partial charge in [0.2, 0.25) is 11.8 Å². The Labute approximate surface area is 234 Å². The Kier molecular flexibility index (Phi) is 5.99. The molecule has 4 atom stereocenters. The Bertz CT molecular complexity index is 1720. The summed E-state index contributed by atoms with van der Waals surface area (Å²) in [4.78, 5) is 58.6. The fourth-order valence-electron chi connectivity index (χ4n) is 6.89. The number of benzene rings is 3. The standard InChI is InChI=1S/C33H25FN2O5/c34-22-12-10-18(11-13-22)28(37)17-41-33(40)25-16-27(35-26-7-2-1-6-24(25)26)19-4-3-5-23(15-19)36-31(38)29-20-8-9-21(14-20)30(29)32(36)39/h1-7,10-13,15-16,20-21,29-30H,8-9,14,17H2/t20-,21+,29-,30-/m0/s1. The number of carbonyl (C=O) groups excluding carboxylic acids is 4. The van der Waals surface area contributed by atoms with Crippen LogP contribution in [-0.2, 0) is 14.3 Å². The number of esters is 1. The zero-order valence-electron chi connectivity index (χ0n) is 22.0. The molecular weight excluding hydrogens is 523 g/mol. The van der Waals surface area contributed by atoms with E-state index in [0.717, 1.165) is 19.3 Å². The zero-order valence-corrected chi connectivity index (χ0v) is 22.0. The third-order valence-electron chi connectivity index (χ3n) is 8.76. The van der Waals surface area contributed by atoms with Crippen molar-refractivity contribution in [3.05, 3.63) is 95.8 Å². The van der Waals surface area contributed by atoms with E-state index >= 15 is 0 Å². The number of amides is 2. The second-order valence-corrected chi connectivity index (χ2v) is 11.0. The molecule has 41 heavy (non-hydrogen) atoms.